The van der Waals surface area contributed by atoms with Crippen molar-refractivity contribution in [3.8, 4) is 11.5 Å². The molecule has 0 aromatic heterocycles. The Kier molecular flexibility index (Phi) is 5.01. The molecule has 8 heteroatoms. The lowest BCUT2D eigenvalue weighted by Crippen LogP contribution is -2.41. The zero-order chi connectivity index (χ0) is 18.7. The van der Waals surface area contributed by atoms with Crippen LogP contribution < -0.4 is 14.8 Å². The first kappa shape index (κ1) is 17.7. The molecule has 3 rings (SSSR count). The molecule has 26 heavy (non-hydrogen) atoms. The van der Waals surface area contributed by atoms with E-state index in [9.17, 15) is 18.4 Å². The van der Waals surface area contributed by atoms with Crippen LogP contribution in [0.1, 0.15) is 6.92 Å². The molecule has 2 atom stereocenters. The van der Waals surface area contributed by atoms with E-state index in [1.165, 1.54) is 13.0 Å². The number of carbonyl (C=O) groups is 2. The van der Waals surface area contributed by atoms with Crippen molar-refractivity contribution in [2.24, 2.45) is 0 Å². The topological polar surface area (TPSA) is 73.9 Å². The molecule has 1 aliphatic rings. The van der Waals surface area contributed by atoms with Crippen LogP contribution in [-0.4, -0.2) is 30.7 Å². The Morgan fingerprint density at radius 1 is 1.15 bits per heavy atom. The zero-order valence-electron chi connectivity index (χ0n) is 13.7. The Labute approximate surface area is 147 Å². The average Bonchev–Trinajstić information content (AvgIpc) is 2.64. The maximum atomic E-state index is 13.2. The first-order chi connectivity index (χ1) is 12.4. The fraction of sp³-hybridized carbons (Fsp3) is 0.222. The van der Waals surface area contributed by atoms with Crippen LogP contribution in [0.4, 0.5) is 14.5 Å². The zero-order valence-corrected chi connectivity index (χ0v) is 13.7. The lowest BCUT2D eigenvalue weighted by molar-refractivity contribution is -0.162. The summed E-state index contributed by atoms with van der Waals surface area (Å²) in [6.07, 6.45) is -2.18. The van der Waals surface area contributed by atoms with Crippen molar-refractivity contribution in [1.82, 2.24) is 0 Å². The summed E-state index contributed by atoms with van der Waals surface area (Å²) < 4.78 is 42.0. The van der Waals surface area contributed by atoms with Gasteiger partial charge in [0.2, 0.25) is 6.10 Å². The first-order valence-electron chi connectivity index (χ1n) is 7.79. The van der Waals surface area contributed by atoms with Crippen molar-refractivity contribution in [2.75, 3.05) is 11.9 Å². The van der Waals surface area contributed by atoms with Crippen LogP contribution in [0.3, 0.4) is 0 Å². The Bertz CT molecular complexity index is 842. The number of anilines is 1. The van der Waals surface area contributed by atoms with Crippen molar-refractivity contribution < 1.29 is 32.6 Å². The van der Waals surface area contributed by atoms with Crippen LogP contribution in [0, 0.1) is 11.6 Å². The highest BCUT2D eigenvalue weighted by atomic mass is 19.2. The molecule has 2 aromatic rings. The summed E-state index contributed by atoms with van der Waals surface area (Å²) in [5.74, 6) is -2.68. The van der Waals surface area contributed by atoms with Crippen molar-refractivity contribution in [3.05, 3.63) is 54.1 Å². The monoisotopic (exact) mass is 363 g/mol. The second-order valence-electron chi connectivity index (χ2n) is 5.56. The molecule has 1 amide bonds. The smallest absolute Gasteiger partial charge is 0.351 e. The Balaban J connectivity index is 1.57. The summed E-state index contributed by atoms with van der Waals surface area (Å²) in [5.41, 5.74) is 0.0444. The highest BCUT2D eigenvalue weighted by Crippen LogP contribution is 2.31. The molecule has 0 bridgehead atoms. The van der Waals surface area contributed by atoms with Crippen molar-refractivity contribution >= 4 is 17.6 Å². The summed E-state index contributed by atoms with van der Waals surface area (Å²) in [4.78, 5) is 24.2. The molecular weight excluding hydrogens is 348 g/mol. The van der Waals surface area contributed by atoms with E-state index < -0.39 is 35.7 Å². The SMILES string of the molecule is C[C@@H](OC(=O)[C@H]1COc2ccccc2O1)C(=O)Nc1ccc(F)c(F)c1. The lowest BCUT2D eigenvalue weighted by atomic mass is 10.2. The number of ether oxygens (including phenoxy) is 3. The van der Waals surface area contributed by atoms with E-state index in [0.717, 1.165) is 12.1 Å². The molecule has 1 heterocycles. The fourth-order valence-corrected chi connectivity index (χ4v) is 2.26. The molecule has 136 valence electrons. The minimum atomic E-state index is -1.17. The number of rotatable bonds is 4. The van der Waals surface area contributed by atoms with E-state index in [4.69, 9.17) is 14.2 Å². The van der Waals surface area contributed by atoms with Gasteiger partial charge in [0.25, 0.3) is 5.91 Å². The van der Waals surface area contributed by atoms with E-state index in [-0.39, 0.29) is 12.3 Å². The quantitative estimate of drug-likeness (QED) is 0.846. The van der Waals surface area contributed by atoms with Gasteiger partial charge in [-0.1, -0.05) is 12.1 Å². The van der Waals surface area contributed by atoms with Crippen LogP contribution in [0.15, 0.2) is 42.5 Å². The minimum absolute atomic E-state index is 0.0444. The summed E-state index contributed by atoms with van der Waals surface area (Å²) in [5, 5.41) is 2.34. The van der Waals surface area contributed by atoms with Gasteiger partial charge in [-0.3, -0.25) is 4.79 Å². The number of halogens is 2. The Morgan fingerprint density at radius 3 is 2.62 bits per heavy atom. The minimum Gasteiger partial charge on any atom is -0.485 e. The van der Waals surface area contributed by atoms with Crippen molar-refractivity contribution in [1.29, 1.82) is 0 Å². The van der Waals surface area contributed by atoms with E-state index >= 15 is 0 Å². The molecule has 2 aromatic carbocycles. The predicted molar refractivity (Wildman–Crippen MR) is 86.9 cm³/mol. The molecular formula is C18H15F2NO5. The van der Waals surface area contributed by atoms with Gasteiger partial charge < -0.3 is 19.5 Å². The summed E-state index contributed by atoms with van der Waals surface area (Å²) in [6.45, 7) is 1.30. The second kappa shape index (κ2) is 7.38. The molecule has 0 aliphatic carbocycles. The number of fused-ring (bicyclic) bond motifs is 1. The molecule has 6 nitrogen and oxygen atoms in total. The Hall–Kier alpha value is -3.16. The third-order valence-corrected chi connectivity index (χ3v) is 3.62. The maximum Gasteiger partial charge on any atom is 0.351 e. The van der Waals surface area contributed by atoms with Crippen molar-refractivity contribution in [3.63, 3.8) is 0 Å². The third-order valence-electron chi connectivity index (χ3n) is 3.62. The number of nitrogens with one attached hydrogen (secondary N) is 1. The van der Waals surface area contributed by atoms with E-state index in [1.54, 1.807) is 24.3 Å². The molecule has 0 saturated heterocycles. The summed E-state index contributed by atoms with van der Waals surface area (Å²) in [7, 11) is 0. The molecule has 1 aliphatic heterocycles. The van der Waals surface area contributed by atoms with Gasteiger partial charge in [-0.2, -0.15) is 0 Å². The van der Waals surface area contributed by atoms with Crippen LogP contribution in [0.25, 0.3) is 0 Å². The largest absolute Gasteiger partial charge is 0.485 e. The molecule has 0 saturated carbocycles. The third kappa shape index (κ3) is 3.90. The number of amides is 1. The highest BCUT2D eigenvalue weighted by Gasteiger charge is 2.31. The van der Waals surface area contributed by atoms with Gasteiger partial charge in [-0.25, -0.2) is 13.6 Å². The fourth-order valence-electron chi connectivity index (χ4n) is 2.26. The van der Waals surface area contributed by atoms with Crippen molar-refractivity contribution in [2.45, 2.75) is 19.1 Å². The molecule has 0 radical (unpaired) electrons. The van der Waals surface area contributed by atoms with Gasteiger partial charge in [0.1, 0.15) is 6.61 Å². The number of carbonyl (C=O) groups excluding carboxylic acids is 2. The Morgan fingerprint density at radius 2 is 1.88 bits per heavy atom. The van der Waals surface area contributed by atoms with E-state index in [1.807, 2.05) is 0 Å². The van der Waals surface area contributed by atoms with Crippen LogP contribution in [0.5, 0.6) is 11.5 Å². The van der Waals surface area contributed by atoms with Crippen LogP contribution in [-0.2, 0) is 14.3 Å². The van der Waals surface area contributed by atoms with Crippen LogP contribution in [0.2, 0.25) is 0 Å². The maximum absolute atomic E-state index is 13.2. The normalized spacial score (nSPS) is 16.5. The van der Waals surface area contributed by atoms with Gasteiger partial charge >= 0.3 is 5.97 Å². The van der Waals surface area contributed by atoms with Gasteiger partial charge in [-0.05, 0) is 31.2 Å². The number of para-hydroxylation sites is 2. The second-order valence-corrected chi connectivity index (χ2v) is 5.56. The van der Waals surface area contributed by atoms with Gasteiger partial charge in [0, 0.05) is 11.8 Å². The first-order valence-corrected chi connectivity index (χ1v) is 7.79. The molecule has 0 spiro atoms. The predicted octanol–water partition coefficient (Wildman–Crippen LogP) is 2.67. The van der Waals surface area contributed by atoms with Crippen LogP contribution >= 0.6 is 0 Å². The lowest BCUT2D eigenvalue weighted by Gasteiger charge is -2.25. The molecule has 0 fully saturated rings. The number of benzene rings is 2. The van der Waals surface area contributed by atoms with E-state index in [0.29, 0.717) is 11.5 Å². The summed E-state index contributed by atoms with van der Waals surface area (Å²) in [6, 6.07) is 9.76. The van der Waals surface area contributed by atoms with E-state index in [2.05, 4.69) is 5.32 Å². The molecule has 0 unspecified atom stereocenters. The van der Waals surface area contributed by atoms with Gasteiger partial charge in [0.05, 0.1) is 0 Å². The number of hydrogen-bond acceptors (Lipinski definition) is 5. The summed E-state index contributed by atoms with van der Waals surface area (Å²) >= 11 is 0. The average molecular weight is 363 g/mol. The van der Waals surface area contributed by atoms with Gasteiger partial charge in [-0.15, -0.1) is 0 Å². The molecule has 1 N–H and O–H groups in total. The number of hydrogen-bond donors (Lipinski definition) is 1. The highest BCUT2D eigenvalue weighted by molar-refractivity contribution is 5.95. The van der Waals surface area contributed by atoms with Gasteiger partial charge in [0.15, 0.2) is 29.2 Å². The number of esters is 1. The standard InChI is InChI=1S/C18H15F2NO5/c1-10(17(22)21-11-6-7-12(19)13(20)8-11)25-18(23)16-9-24-14-4-2-3-5-15(14)26-16/h2-8,10,16H,9H2,1H3,(H,21,22)/t10-,16-/m1/s1.